The van der Waals surface area contributed by atoms with Crippen LogP contribution in [0.2, 0.25) is 10.0 Å². The fourth-order valence-electron chi connectivity index (χ4n) is 5.62. The topological polar surface area (TPSA) is 101 Å². The molecule has 1 saturated carbocycles. The largest absolute Gasteiger partial charge is 0.422 e. The monoisotopic (exact) mass is 594 g/mol. The Bertz CT molecular complexity index is 1560. The van der Waals surface area contributed by atoms with Crippen LogP contribution in [0.4, 0.5) is 0 Å². The van der Waals surface area contributed by atoms with Crippen LogP contribution in [0.5, 0.6) is 5.75 Å². The number of halogens is 2. The average Bonchev–Trinajstić information content (AvgIpc) is 3.75. The number of Topliss-reactive ketones (excluding diaryl/α,β-unsaturated/α-hetero) is 1. The van der Waals surface area contributed by atoms with Crippen LogP contribution in [-0.2, 0) is 9.59 Å². The van der Waals surface area contributed by atoms with E-state index in [0.717, 1.165) is 16.4 Å². The Balaban J connectivity index is 1.26. The molecule has 2 fully saturated rings. The molecule has 3 aromatic rings. The first-order valence-electron chi connectivity index (χ1n) is 12.4. The van der Waals surface area contributed by atoms with Gasteiger partial charge in [0, 0.05) is 11.1 Å². The number of esters is 1. The van der Waals surface area contributed by atoms with Crippen molar-refractivity contribution in [1.82, 2.24) is 10.0 Å². The van der Waals surface area contributed by atoms with Crippen molar-refractivity contribution in [1.29, 1.82) is 0 Å². The van der Waals surface area contributed by atoms with Gasteiger partial charge in [0.25, 0.3) is 17.7 Å². The van der Waals surface area contributed by atoms with E-state index in [1.54, 1.807) is 17.5 Å². The zero-order valence-electron chi connectivity index (χ0n) is 20.7. The van der Waals surface area contributed by atoms with Crippen LogP contribution in [0.1, 0.15) is 36.8 Å². The van der Waals surface area contributed by atoms with Crippen LogP contribution in [0.25, 0.3) is 0 Å². The summed E-state index contributed by atoms with van der Waals surface area (Å²) < 4.78 is 5.34. The highest BCUT2D eigenvalue weighted by atomic mass is 35.5. The van der Waals surface area contributed by atoms with Gasteiger partial charge in [-0.1, -0.05) is 41.4 Å². The van der Waals surface area contributed by atoms with Crippen molar-refractivity contribution in [3.05, 3.63) is 98.2 Å². The van der Waals surface area contributed by atoms with Gasteiger partial charge < -0.3 is 4.74 Å². The molecule has 2 aliphatic carbocycles. The zero-order valence-corrected chi connectivity index (χ0v) is 23.0. The Labute approximate surface area is 242 Å². The molecule has 1 saturated heterocycles. The summed E-state index contributed by atoms with van der Waals surface area (Å²) in [4.78, 5) is 66.8. The summed E-state index contributed by atoms with van der Waals surface area (Å²) in [5.74, 6) is -3.80. The van der Waals surface area contributed by atoms with Crippen LogP contribution in [0.15, 0.2) is 72.1 Å². The first kappa shape index (κ1) is 26.4. The Morgan fingerprint density at radius 2 is 1.55 bits per heavy atom. The molecule has 1 aromatic heterocycles. The molecule has 8 nitrogen and oxygen atoms in total. The van der Waals surface area contributed by atoms with Crippen LogP contribution < -0.4 is 4.74 Å². The first-order chi connectivity index (χ1) is 19.2. The molecule has 4 atom stereocenters. The van der Waals surface area contributed by atoms with Crippen molar-refractivity contribution < 1.29 is 28.7 Å². The number of thiophene rings is 1. The molecule has 202 valence electrons. The minimum atomic E-state index is -0.740. The van der Waals surface area contributed by atoms with E-state index in [-0.39, 0.29) is 38.8 Å². The number of ether oxygens (including phenoxy) is 1. The maximum Gasteiger partial charge on any atom is 0.353 e. The molecule has 2 bridgehead atoms. The highest BCUT2D eigenvalue weighted by Crippen LogP contribution is 2.52. The Morgan fingerprint density at radius 1 is 0.900 bits per heavy atom. The normalized spacial score (nSPS) is 22.5. The lowest BCUT2D eigenvalue weighted by Gasteiger charge is -2.31. The summed E-state index contributed by atoms with van der Waals surface area (Å²) in [5, 5.41) is 3.83. The quantitative estimate of drug-likeness (QED) is 0.121. The van der Waals surface area contributed by atoms with Crippen molar-refractivity contribution >= 4 is 64.0 Å². The second-order valence-electron chi connectivity index (χ2n) is 9.79. The highest BCUT2D eigenvalue weighted by molar-refractivity contribution is 7.12. The second kappa shape index (κ2) is 10.3. The number of amides is 3. The lowest BCUT2D eigenvalue weighted by atomic mass is 9.85. The van der Waals surface area contributed by atoms with Gasteiger partial charge in [-0.05, 0) is 72.2 Å². The molecule has 11 heteroatoms. The predicted octanol–water partition coefficient (Wildman–Crippen LogP) is 5.32. The number of allylic oxidation sites excluding steroid dienone is 2. The molecular formula is C29H20Cl2N2O6S. The van der Waals surface area contributed by atoms with Gasteiger partial charge in [0.2, 0.25) is 0 Å². The molecule has 3 amide bonds. The van der Waals surface area contributed by atoms with Crippen molar-refractivity contribution in [2.75, 3.05) is 6.54 Å². The summed E-state index contributed by atoms with van der Waals surface area (Å²) in [6.07, 6.45) is 4.62. The fourth-order valence-corrected chi connectivity index (χ4v) is 6.52. The van der Waals surface area contributed by atoms with E-state index in [1.165, 1.54) is 53.8 Å². The summed E-state index contributed by atoms with van der Waals surface area (Å²) in [6, 6.07) is 13.4. The van der Waals surface area contributed by atoms with Gasteiger partial charge in [-0.2, -0.15) is 5.01 Å². The van der Waals surface area contributed by atoms with Crippen molar-refractivity contribution in [2.45, 2.75) is 6.42 Å². The van der Waals surface area contributed by atoms with E-state index in [4.69, 9.17) is 27.9 Å². The Kier molecular flexibility index (Phi) is 6.82. The number of fused-ring (bicyclic) bond motifs is 5. The molecule has 2 aromatic carbocycles. The number of nitrogens with zero attached hydrogens (tertiary/aromatic N) is 2. The zero-order chi connectivity index (χ0) is 28.1. The SMILES string of the molecule is O=C(CN(C(=O)c1ccc(Cl)c(Cl)c1)N1C(=O)[C@H]2[C@H](C1=O)[C@H]1C=C[C@H]2C1)c1ccc(OC(=O)c2cccs2)cc1. The standard InChI is InChI=1S/C29H20Cl2N2O6S/c30-20-10-7-18(13-21(20)31)26(35)32(33-27(36)24-16-3-4-17(12-16)25(24)28(33)37)14-22(34)15-5-8-19(9-6-15)39-29(38)23-2-1-11-40-23/h1-11,13,16-17,24-25H,12,14H2/t16-,17-,24+,25+/m0/s1. The molecule has 0 N–H and O–H groups in total. The third-order valence-electron chi connectivity index (χ3n) is 7.49. The van der Waals surface area contributed by atoms with Crippen molar-refractivity contribution in [2.24, 2.45) is 23.7 Å². The molecule has 6 rings (SSSR count). The van der Waals surface area contributed by atoms with Crippen LogP contribution in [0, 0.1) is 23.7 Å². The van der Waals surface area contributed by atoms with E-state index in [0.29, 0.717) is 4.88 Å². The lowest BCUT2D eigenvalue weighted by Crippen LogP contribution is -2.52. The number of imide groups is 1. The van der Waals surface area contributed by atoms with E-state index in [9.17, 15) is 24.0 Å². The van der Waals surface area contributed by atoms with Crippen LogP contribution >= 0.6 is 34.5 Å². The molecule has 0 radical (unpaired) electrons. The van der Waals surface area contributed by atoms with Crippen LogP contribution in [-0.4, -0.2) is 46.0 Å². The summed E-state index contributed by atoms with van der Waals surface area (Å²) in [7, 11) is 0. The molecule has 3 aliphatic rings. The maximum atomic E-state index is 13.7. The van der Waals surface area contributed by atoms with Gasteiger partial charge in [0.1, 0.15) is 17.2 Å². The molecule has 40 heavy (non-hydrogen) atoms. The number of hydrazine groups is 1. The van der Waals surface area contributed by atoms with Gasteiger partial charge in [-0.3, -0.25) is 19.2 Å². The Morgan fingerprint density at radius 3 is 2.15 bits per heavy atom. The van der Waals surface area contributed by atoms with Crippen molar-refractivity contribution in [3.8, 4) is 5.75 Å². The number of carbonyl (C=O) groups excluding carboxylic acids is 5. The summed E-state index contributed by atoms with van der Waals surface area (Å²) in [5.41, 5.74) is 0.265. The third-order valence-corrected chi connectivity index (χ3v) is 9.08. The Hall–Kier alpha value is -3.79. The maximum absolute atomic E-state index is 13.7. The van der Waals surface area contributed by atoms with Gasteiger partial charge in [0.05, 0.1) is 21.9 Å². The smallest absolute Gasteiger partial charge is 0.353 e. The van der Waals surface area contributed by atoms with Gasteiger partial charge >= 0.3 is 5.97 Å². The minimum absolute atomic E-state index is 0.0665. The fraction of sp³-hybridized carbons (Fsp3) is 0.207. The first-order valence-corrected chi connectivity index (χ1v) is 14.1. The van der Waals surface area contributed by atoms with Gasteiger partial charge in [-0.25, -0.2) is 9.80 Å². The summed E-state index contributed by atoms with van der Waals surface area (Å²) in [6.45, 7) is -0.576. The summed E-state index contributed by atoms with van der Waals surface area (Å²) >= 11 is 13.4. The van der Waals surface area contributed by atoms with E-state index in [2.05, 4.69) is 0 Å². The van der Waals surface area contributed by atoms with E-state index < -0.39 is 47.9 Å². The number of ketones is 1. The molecule has 1 aliphatic heterocycles. The number of carbonyl (C=O) groups is 5. The second-order valence-corrected chi connectivity index (χ2v) is 11.6. The number of benzene rings is 2. The van der Waals surface area contributed by atoms with Crippen LogP contribution in [0.3, 0.4) is 0 Å². The van der Waals surface area contributed by atoms with Gasteiger partial charge in [-0.15, -0.1) is 11.3 Å². The van der Waals surface area contributed by atoms with Crippen molar-refractivity contribution in [3.63, 3.8) is 0 Å². The highest BCUT2D eigenvalue weighted by Gasteiger charge is 2.61. The minimum Gasteiger partial charge on any atom is -0.422 e. The molecule has 0 unspecified atom stereocenters. The predicted molar refractivity (Wildman–Crippen MR) is 147 cm³/mol. The number of hydrogen-bond acceptors (Lipinski definition) is 7. The lowest BCUT2D eigenvalue weighted by molar-refractivity contribution is -0.154. The van der Waals surface area contributed by atoms with Gasteiger partial charge in [0.15, 0.2) is 5.78 Å². The van der Waals surface area contributed by atoms with E-state index in [1.807, 2.05) is 12.2 Å². The average molecular weight is 595 g/mol. The molecule has 2 heterocycles. The third kappa shape index (κ3) is 4.54. The molecule has 0 spiro atoms. The number of hydrogen-bond donors (Lipinski definition) is 0. The molecular weight excluding hydrogens is 575 g/mol. The van der Waals surface area contributed by atoms with E-state index >= 15 is 0 Å². The number of rotatable bonds is 7.